The molecule has 7 nitrogen and oxygen atoms in total. The van der Waals surface area contributed by atoms with Crippen LogP contribution in [0.1, 0.15) is 33.6 Å². The maximum Gasteiger partial charge on any atom is 0.408 e. The van der Waals surface area contributed by atoms with E-state index in [-0.39, 0.29) is 12.8 Å². The third-order valence-electron chi connectivity index (χ3n) is 1.64. The highest BCUT2D eigenvalue weighted by molar-refractivity contribution is 5.80. The van der Waals surface area contributed by atoms with E-state index in [2.05, 4.69) is 5.32 Å². The van der Waals surface area contributed by atoms with E-state index in [1.165, 1.54) is 0 Å². The first-order chi connectivity index (χ1) is 7.61. The summed E-state index contributed by atoms with van der Waals surface area (Å²) in [4.78, 5) is 32.3. The van der Waals surface area contributed by atoms with Crippen molar-refractivity contribution in [2.24, 2.45) is 0 Å². The number of carboxylic acid groups (broad SMARTS) is 2. The molecule has 3 N–H and O–H groups in total. The minimum Gasteiger partial charge on any atom is -0.481 e. The second-order valence-corrected chi connectivity index (χ2v) is 4.47. The van der Waals surface area contributed by atoms with Crippen molar-refractivity contribution < 1.29 is 29.3 Å². The Labute approximate surface area is 98.8 Å². The zero-order valence-electron chi connectivity index (χ0n) is 10.0. The van der Waals surface area contributed by atoms with Gasteiger partial charge in [0.1, 0.15) is 11.6 Å². The molecule has 0 bridgehead atoms. The van der Waals surface area contributed by atoms with E-state index < -0.39 is 29.7 Å². The number of rotatable bonds is 5. The van der Waals surface area contributed by atoms with Gasteiger partial charge in [0.15, 0.2) is 0 Å². The van der Waals surface area contributed by atoms with Crippen LogP contribution in [0, 0.1) is 0 Å². The van der Waals surface area contributed by atoms with E-state index >= 15 is 0 Å². The summed E-state index contributed by atoms with van der Waals surface area (Å²) in [6.45, 7) is 4.92. The van der Waals surface area contributed by atoms with E-state index in [0.717, 1.165) is 0 Å². The van der Waals surface area contributed by atoms with Crippen molar-refractivity contribution >= 4 is 18.0 Å². The molecule has 0 aromatic heterocycles. The van der Waals surface area contributed by atoms with Crippen LogP contribution < -0.4 is 5.32 Å². The number of hydrogen-bond acceptors (Lipinski definition) is 4. The third kappa shape index (κ3) is 8.06. The van der Waals surface area contributed by atoms with Crippen molar-refractivity contribution in [2.45, 2.75) is 45.3 Å². The van der Waals surface area contributed by atoms with Crippen molar-refractivity contribution in [3.63, 3.8) is 0 Å². The molecule has 0 unspecified atom stereocenters. The molecular formula is C10H17NO6. The Balaban J connectivity index is 4.30. The van der Waals surface area contributed by atoms with Gasteiger partial charge >= 0.3 is 18.0 Å². The fourth-order valence-electron chi connectivity index (χ4n) is 0.975. The van der Waals surface area contributed by atoms with Gasteiger partial charge in [-0.3, -0.25) is 4.79 Å². The lowest BCUT2D eigenvalue weighted by Gasteiger charge is -2.21. The molecular weight excluding hydrogens is 231 g/mol. The predicted octanol–water partition coefficient (Wildman–Crippen LogP) is 0.829. The first kappa shape index (κ1) is 15.2. The van der Waals surface area contributed by atoms with Gasteiger partial charge in [-0.15, -0.1) is 0 Å². The van der Waals surface area contributed by atoms with Crippen LogP contribution >= 0.6 is 0 Å². The number of nitrogens with one attached hydrogen (secondary N) is 1. The molecule has 1 amide bonds. The molecule has 17 heavy (non-hydrogen) atoms. The number of hydrogen-bond donors (Lipinski definition) is 3. The highest BCUT2D eigenvalue weighted by atomic mass is 16.6. The normalized spacial score (nSPS) is 12.6. The molecule has 0 aromatic carbocycles. The van der Waals surface area contributed by atoms with Crippen LogP contribution in [0.2, 0.25) is 0 Å². The summed E-state index contributed by atoms with van der Waals surface area (Å²) in [6, 6.07) is -1.26. The van der Waals surface area contributed by atoms with Crippen molar-refractivity contribution in [1.82, 2.24) is 5.32 Å². The van der Waals surface area contributed by atoms with Crippen molar-refractivity contribution in [3.8, 4) is 0 Å². The van der Waals surface area contributed by atoms with Gasteiger partial charge in [-0.25, -0.2) is 9.59 Å². The van der Waals surface area contributed by atoms with Crippen LogP contribution in [0.4, 0.5) is 4.79 Å². The van der Waals surface area contributed by atoms with Gasteiger partial charge in [0.05, 0.1) is 0 Å². The lowest BCUT2D eigenvalue weighted by Crippen LogP contribution is -2.43. The number of carbonyl (C=O) groups is 3. The number of carboxylic acids is 2. The van der Waals surface area contributed by atoms with E-state index in [1.807, 2.05) is 0 Å². The van der Waals surface area contributed by atoms with E-state index in [1.54, 1.807) is 20.8 Å². The molecule has 0 aromatic rings. The van der Waals surface area contributed by atoms with Gasteiger partial charge in [-0.05, 0) is 27.2 Å². The minimum atomic E-state index is -1.29. The molecule has 0 fully saturated rings. The molecule has 0 aliphatic rings. The Morgan fingerprint density at radius 1 is 1.24 bits per heavy atom. The number of carbonyl (C=O) groups excluding carboxylic acids is 1. The fourth-order valence-corrected chi connectivity index (χ4v) is 0.975. The molecule has 0 saturated carbocycles. The number of aliphatic carboxylic acids is 2. The molecule has 0 aliphatic heterocycles. The molecule has 0 radical (unpaired) electrons. The first-order valence-corrected chi connectivity index (χ1v) is 5.06. The van der Waals surface area contributed by atoms with Crippen molar-refractivity contribution in [1.29, 1.82) is 0 Å². The summed E-state index contributed by atoms with van der Waals surface area (Å²) in [5, 5.41) is 19.3. The Hall–Kier alpha value is -1.79. The Morgan fingerprint density at radius 2 is 1.76 bits per heavy atom. The number of alkyl carbamates (subject to hydrolysis) is 1. The zero-order valence-corrected chi connectivity index (χ0v) is 10.0. The van der Waals surface area contributed by atoms with Crippen molar-refractivity contribution in [3.05, 3.63) is 0 Å². The highest BCUT2D eigenvalue weighted by Gasteiger charge is 2.24. The molecule has 0 spiro atoms. The van der Waals surface area contributed by atoms with Crippen LogP contribution in [0.5, 0.6) is 0 Å². The Morgan fingerprint density at radius 3 is 2.12 bits per heavy atom. The van der Waals surface area contributed by atoms with E-state index in [0.29, 0.717) is 0 Å². The SMILES string of the molecule is CC(C)(C)OC(=O)N[C@@H](CCC(=O)O)[13C](=O)O. The highest BCUT2D eigenvalue weighted by Crippen LogP contribution is 2.07. The quantitative estimate of drug-likeness (QED) is 0.621. The largest absolute Gasteiger partial charge is 0.481 e. The average molecular weight is 248 g/mol. The lowest BCUT2D eigenvalue weighted by atomic mass is 10.2. The summed E-state index contributed by atoms with van der Waals surface area (Å²) in [5.74, 6) is -2.42. The topological polar surface area (TPSA) is 113 Å². The maximum atomic E-state index is 11.3. The van der Waals surface area contributed by atoms with Gasteiger partial charge in [0.2, 0.25) is 0 Å². The van der Waals surface area contributed by atoms with Gasteiger partial charge in [-0.1, -0.05) is 0 Å². The molecule has 0 rings (SSSR count). The molecule has 1 atom stereocenters. The minimum absolute atomic E-state index is 0.191. The molecule has 98 valence electrons. The summed E-state index contributed by atoms with van der Waals surface area (Å²) < 4.78 is 4.86. The zero-order chi connectivity index (χ0) is 13.6. The fraction of sp³-hybridized carbons (Fsp3) is 0.700. The van der Waals surface area contributed by atoms with Crippen LogP contribution in [-0.2, 0) is 14.3 Å². The van der Waals surface area contributed by atoms with Gasteiger partial charge in [0, 0.05) is 6.42 Å². The van der Waals surface area contributed by atoms with Gasteiger partial charge in [0.25, 0.3) is 0 Å². The van der Waals surface area contributed by atoms with Crippen LogP contribution in [0.15, 0.2) is 0 Å². The number of ether oxygens (including phenoxy) is 1. The Bertz CT molecular complexity index is 306. The second kappa shape index (κ2) is 6.07. The van der Waals surface area contributed by atoms with Crippen LogP contribution in [0.3, 0.4) is 0 Å². The maximum absolute atomic E-state index is 11.3. The standard InChI is InChI=1S/C10H17NO6/c1-10(2,3)17-9(16)11-6(8(14)15)4-5-7(12)13/h6H,4-5H2,1-3H3,(H,11,16)(H,12,13)(H,14,15)/t6-/m0/s1/i8+1. The lowest BCUT2D eigenvalue weighted by molar-refractivity contribution is -0.140. The van der Waals surface area contributed by atoms with E-state index in [9.17, 15) is 14.4 Å². The summed E-state index contributed by atoms with van der Waals surface area (Å²) in [7, 11) is 0. The van der Waals surface area contributed by atoms with Gasteiger partial charge in [-0.2, -0.15) is 0 Å². The third-order valence-corrected chi connectivity index (χ3v) is 1.64. The Kier molecular flexibility index (Phi) is 5.43. The summed E-state index contributed by atoms with van der Waals surface area (Å²) >= 11 is 0. The van der Waals surface area contributed by atoms with Crippen molar-refractivity contribution in [2.75, 3.05) is 0 Å². The molecule has 7 heteroatoms. The second-order valence-electron chi connectivity index (χ2n) is 4.47. The summed E-state index contributed by atoms with van der Waals surface area (Å²) in [5.41, 5.74) is -0.736. The molecule has 0 heterocycles. The van der Waals surface area contributed by atoms with E-state index in [4.69, 9.17) is 14.9 Å². The predicted molar refractivity (Wildman–Crippen MR) is 57.7 cm³/mol. The van der Waals surface area contributed by atoms with Gasteiger partial charge < -0.3 is 20.3 Å². The average Bonchev–Trinajstić information content (AvgIpc) is 2.08. The molecule has 0 saturated heterocycles. The monoisotopic (exact) mass is 248 g/mol. The number of amides is 1. The summed E-state index contributed by atoms with van der Waals surface area (Å²) in [6.07, 6.45) is -1.41. The smallest absolute Gasteiger partial charge is 0.408 e. The molecule has 0 aliphatic carbocycles. The van der Waals surface area contributed by atoms with Crippen LogP contribution in [0.25, 0.3) is 0 Å². The first-order valence-electron chi connectivity index (χ1n) is 5.06. The van der Waals surface area contributed by atoms with Crippen LogP contribution in [-0.4, -0.2) is 39.9 Å².